The van der Waals surface area contributed by atoms with E-state index in [1.54, 1.807) is 0 Å². The van der Waals surface area contributed by atoms with Crippen molar-refractivity contribution in [2.24, 2.45) is 4.99 Å². The van der Waals surface area contributed by atoms with Gasteiger partial charge in [-0.2, -0.15) is 0 Å². The fraction of sp³-hybridized carbons (Fsp3) is 0.350. The van der Waals surface area contributed by atoms with Crippen LogP contribution in [-0.4, -0.2) is 11.4 Å². The Morgan fingerprint density at radius 2 is 1.72 bits per heavy atom. The molecule has 0 aromatic heterocycles. The molecule has 4 rings (SSSR count). The van der Waals surface area contributed by atoms with Crippen LogP contribution < -0.4 is 10.6 Å². The Bertz CT molecular complexity index is 810. The minimum Gasteiger partial charge on any atom is -0.371 e. The van der Waals surface area contributed by atoms with Crippen LogP contribution in [0.4, 0.5) is 11.4 Å². The molecule has 1 aliphatic heterocycles. The van der Waals surface area contributed by atoms with E-state index >= 15 is 0 Å². The maximum atomic E-state index is 6.19. The van der Waals surface area contributed by atoms with Crippen LogP contribution in [-0.2, 0) is 6.54 Å². The van der Waals surface area contributed by atoms with Crippen molar-refractivity contribution in [1.29, 1.82) is 0 Å². The third-order valence-corrected chi connectivity index (χ3v) is 5.55. The van der Waals surface area contributed by atoms with Crippen LogP contribution in [0.5, 0.6) is 0 Å². The molecule has 1 heterocycles. The first-order chi connectivity index (χ1) is 12.1. The molecule has 2 aliphatic rings. The largest absolute Gasteiger partial charge is 0.371 e. The summed E-state index contributed by atoms with van der Waals surface area (Å²) in [5.41, 5.74) is 3.10. The average Bonchev–Trinajstić information content (AvgIpc) is 2.61. The van der Waals surface area contributed by atoms with Gasteiger partial charge < -0.3 is 10.6 Å². The molecule has 3 nitrogen and oxygen atoms in total. The lowest BCUT2D eigenvalue weighted by molar-refractivity contribution is 0.403. The molecule has 0 unspecified atom stereocenters. The first-order valence-corrected chi connectivity index (χ1v) is 9.54. The number of amidine groups is 1. The Morgan fingerprint density at radius 1 is 0.920 bits per heavy atom. The first kappa shape index (κ1) is 16.7. The second-order valence-corrected chi connectivity index (χ2v) is 7.75. The molecule has 2 aromatic carbocycles. The number of rotatable bonds is 2. The van der Waals surface area contributed by atoms with Gasteiger partial charge >= 0.3 is 0 Å². The fourth-order valence-corrected chi connectivity index (χ4v) is 4.19. The van der Waals surface area contributed by atoms with Crippen LogP contribution in [0.2, 0.25) is 10.0 Å². The Balaban J connectivity index is 1.68. The number of nitrogens with one attached hydrogen (secondary N) is 2. The lowest BCUT2D eigenvalue weighted by atomic mass is 9.79. The number of halogens is 2. The quantitative estimate of drug-likeness (QED) is 0.663. The Hall–Kier alpha value is -1.71. The average molecular weight is 374 g/mol. The van der Waals surface area contributed by atoms with E-state index in [9.17, 15) is 0 Å². The van der Waals surface area contributed by atoms with Gasteiger partial charge in [-0.3, -0.25) is 4.99 Å². The standard InChI is InChI=1S/C20H21Cl2N3/c21-15-6-4-5-14(11-15)13-23-19-20(9-2-1-3-10-20)25-18-12-16(22)7-8-17(18)24-19/h4-8,11-12,25H,1-3,9-10,13H2,(H,23,24). The predicted molar refractivity (Wildman–Crippen MR) is 107 cm³/mol. The van der Waals surface area contributed by atoms with Gasteiger partial charge in [-0.25, -0.2) is 0 Å². The number of hydrogen-bond donors (Lipinski definition) is 2. The normalized spacial score (nSPS) is 20.0. The summed E-state index contributed by atoms with van der Waals surface area (Å²) in [4.78, 5) is 4.94. The van der Waals surface area contributed by atoms with Crippen molar-refractivity contribution in [2.45, 2.75) is 44.2 Å². The molecule has 0 bridgehead atoms. The summed E-state index contributed by atoms with van der Waals surface area (Å²) < 4.78 is 0. The van der Waals surface area contributed by atoms with Gasteiger partial charge in [0, 0.05) is 10.0 Å². The maximum absolute atomic E-state index is 6.19. The van der Waals surface area contributed by atoms with E-state index in [0.717, 1.165) is 45.7 Å². The Labute approximate surface area is 158 Å². The van der Waals surface area contributed by atoms with E-state index in [-0.39, 0.29) is 5.54 Å². The molecular formula is C20H21Cl2N3. The van der Waals surface area contributed by atoms with E-state index in [2.05, 4.69) is 16.7 Å². The highest BCUT2D eigenvalue weighted by molar-refractivity contribution is 6.31. The SMILES string of the molecule is Clc1cccc(CN=C2Nc3ccc(Cl)cc3NC23CCCCC3)c1. The third-order valence-electron chi connectivity index (χ3n) is 5.08. The predicted octanol–water partition coefficient (Wildman–Crippen LogP) is 6.13. The van der Waals surface area contributed by atoms with Gasteiger partial charge in [-0.1, -0.05) is 54.6 Å². The Morgan fingerprint density at radius 3 is 2.52 bits per heavy atom. The van der Waals surface area contributed by atoms with E-state index < -0.39 is 0 Å². The molecule has 0 amide bonds. The molecule has 0 saturated heterocycles. The molecule has 1 saturated carbocycles. The van der Waals surface area contributed by atoms with E-state index in [1.807, 2.05) is 36.4 Å². The molecule has 5 heteroatoms. The summed E-state index contributed by atoms with van der Waals surface area (Å²) >= 11 is 12.3. The smallest absolute Gasteiger partial charge is 0.127 e. The molecule has 0 atom stereocenters. The molecule has 1 spiro atoms. The second kappa shape index (κ2) is 6.89. The monoisotopic (exact) mass is 373 g/mol. The van der Waals surface area contributed by atoms with Gasteiger partial charge in [0.15, 0.2) is 0 Å². The second-order valence-electron chi connectivity index (χ2n) is 6.88. The number of nitrogens with zero attached hydrogens (tertiary/aromatic N) is 1. The number of fused-ring (bicyclic) bond motifs is 1. The zero-order valence-electron chi connectivity index (χ0n) is 14.0. The lowest BCUT2D eigenvalue weighted by Crippen LogP contribution is -2.53. The number of benzene rings is 2. The molecule has 2 aromatic rings. The van der Waals surface area contributed by atoms with Crippen LogP contribution in [0.25, 0.3) is 0 Å². The van der Waals surface area contributed by atoms with Crippen molar-refractivity contribution >= 4 is 40.4 Å². The van der Waals surface area contributed by atoms with E-state index in [1.165, 1.54) is 19.3 Å². The number of anilines is 2. The zero-order valence-corrected chi connectivity index (χ0v) is 15.5. The molecule has 1 aliphatic carbocycles. The summed E-state index contributed by atoms with van der Waals surface area (Å²) in [5, 5.41) is 8.81. The van der Waals surface area contributed by atoms with Crippen LogP contribution in [0.3, 0.4) is 0 Å². The summed E-state index contributed by atoms with van der Waals surface area (Å²) in [6.45, 7) is 0.620. The van der Waals surface area contributed by atoms with Gasteiger partial charge in [0.1, 0.15) is 5.84 Å². The summed E-state index contributed by atoms with van der Waals surface area (Å²) in [6, 6.07) is 13.8. The van der Waals surface area contributed by atoms with Crippen LogP contribution in [0.15, 0.2) is 47.5 Å². The molecule has 130 valence electrons. The molecule has 25 heavy (non-hydrogen) atoms. The van der Waals surface area contributed by atoms with Crippen molar-refractivity contribution in [3.8, 4) is 0 Å². The highest BCUT2D eigenvalue weighted by atomic mass is 35.5. The molecular weight excluding hydrogens is 353 g/mol. The Kier molecular flexibility index (Phi) is 4.61. The van der Waals surface area contributed by atoms with Gasteiger partial charge in [-0.05, 0) is 48.7 Å². The summed E-state index contributed by atoms with van der Waals surface area (Å²) in [7, 11) is 0. The first-order valence-electron chi connectivity index (χ1n) is 8.79. The highest BCUT2D eigenvalue weighted by Gasteiger charge is 2.40. The van der Waals surface area contributed by atoms with E-state index in [4.69, 9.17) is 28.2 Å². The lowest BCUT2D eigenvalue weighted by Gasteiger charge is -2.44. The van der Waals surface area contributed by atoms with Crippen molar-refractivity contribution in [1.82, 2.24) is 0 Å². The summed E-state index contributed by atoms with van der Waals surface area (Å²) in [6.07, 6.45) is 5.87. The molecule has 1 fully saturated rings. The molecule has 0 radical (unpaired) electrons. The fourth-order valence-electron chi connectivity index (χ4n) is 3.81. The van der Waals surface area contributed by atoms with E-state index in [0.29, 0.717) is 6.54 Å². The minimum absolute atomic E-state index is 0.117. The van der Waals surface area contributed by atoms with Gasteiger partial charge in [0.25, 0.3) is 0 Å². The number of aliphatic imine (C=N–C) groups is 1. The highest BCUT2D eigenvalue weighted by Crippen LogP contribution is 2.40. The van der Waals surface area contributed by atoms with Crippen molar-refractivity contribution < 1.29 is 0 Å². The summed E-state index contributed by atoms with van der Waals surface area (Å²) in [5.74, 6) is 1.03. The zero-order chi connectivity index (χ0) is 17.3. The van der Waals surface area contributed by atoms with Gasteiger partial charge in [-0.15, -0.1) is 0 Å². The number of hydrogen-bond acceptors (Lipinski definition) is 2. The van der Waals surface area contributed by atoms with Crippen molar-refractivity contribution in [3.05, 3.63) is 58.1 Å². The van der Waals surface area contributed by atoms with Crippen molar-refractivity contribution in [2.75, 3.05) is 10.6 Å². The minimum atomic E-state index is -0.117. The van der Waals surface area contributed by atoms with Crippen LogP contribution in [0.1, 0.15) is 37.7 Å². The van der Waals surface area contributed by atoms with Crippen molar-refractivity contribution in [3.63, 3.8) is 0 Å². The van der Waals surface area contributed by atoms with Crippen LogP contribution in [0, 0.1) is 0 Å². The van der Waals surface area contributed by atoms with Gasteiger partial charge in [0.05, 0.1) is 23.5 Å². The van der Waals surface area contributed by atoms with Crippen LogP contribution >= 0.6 is 23.2 Å². The topological polar surface area (TPSA) is 36.4 Å². The third kappa shape index (κ3) is 3.49. The molecule has 2 N–H and O–H groups in total. The maximum Gasteiger partial charge on any atom is 0.127 e. The van der Waals surface area contributed by atoms with Gasteiger partial charge in [0.2, 0.25) is 0 Å².